The minimum Gasteiger partial charge on any atom is -0.391 e. The van der Waals surface area contributed by atoms with Crippen molar-refractivity contribution in [2.75, 3.05) is 13.6 Å². The molecule has 22 heavy (non-hydrogen) atoms. The third-order valence-electron chi connectivity index (χ3n) is 4.28. The number of carbonyl (C=O) groups is 1. The summed E-state index contributed by atoms with van der Waals surface area (Å²) in [4.78, 5) is 12.7. The molecule has 1 rings (SSSR count). The maximum Gasteiger partial charge on any atom is 0.318 e. The van der Waals surface area contributed by atoms with Crippen LogP contribution >= 0.6 is 0 Å². The number of urea groups is 1. The Labute approximate surface area is 134 Å². The predicted molar refractivity (Wildman–Crippen MR) is 93.1 cm³/mol. The van der Waals surface area contributed by atoms with Gasteiger partial charge < -0.3 is 16.0 Å². The number of allylic oxidation sites excluding steroid dienone is 7. The van der Waals surface area contributed by atoms with Crippen molar-refractivity contribution in [2.45, 2.75) is 40.5 Å². The van der Waals surface area contributed by atoms with Crippen molar-refractivity contribution in [3.05, 3.63) is 47.3 Å². The van der Waals surface area contributed by atoms with Crippen LogP contribution in [0.25, 0.3) is 0 Å². The van der Waals surface area contributed by atoms with E-state index in [9.17, 15) is 4.79 Å². The number of hydrogen-bond donors (Lipinski definition) is 2. The quantitative estimate of drug-likeness (QED) is 0.735. The fourth-order valence-electron chi connectivity index (χ4n) is 2.16. The van der Waals surface area contributed by atoms with E-state index in [1.807, 2.05) is 19.2 Å². The van der Waals surface area contributed by atoms with Gasteiger partial charge in [0.25, 0.3) is 0 Å². The Morgan fingerprint density at radius 3 is 2.64 bits per heavy atom. The second-order valence-electron chi connectivity index (χ2n) is 6.04. The predicted octanol–water partition coefficient (Wildman–Crippen LogP) is 3.70. The molecule has 0 radical (unpaired) electrons. The van der Waals surface area contributed by atoms with E-state index < -0.39 is 6.03 Å². The van der Waals surface area contributed by atoms with Gasteiger partial charge in [-0.3, -0.25) is 0 Å². The molecule has 4 nitrogen and oxygen atoms in total. The van der Waals surface area contributed by atoms with E-state index in [0.717, 1.165) is 30.7 Å². The lowest BCUT2D eigenvalue weighted by molar-refractivity contribution is 0.228. The lowest BCUT2D eigenvalue weighted by atomic mass is 9.79. The third kappa shape index (κ3) is 4.79. The molecular weight excluding hydrogens is 274 g/mol. The van der Waals surface area contributed by atoms with Crippen LogP contribution in [-0.2, 0) is 0 Å². The average Bonchev–Trinajstić information content (AvgIpc) is 2.51. The first kappa shape index (κ1) is 18.1. The number of rotatable bonds is 6. The lowest BCUT2D eigenvalue weighted by Crippen LogP contribution is -2.30. The van der Waals surface area contributed by atoms with Gasteiger partial charge in [-0.25, -0.2) is 4.79 Å². The Kier molecular flexibility index (Phi) is 6.47. The van der Waals surface area contributed by atoms with Crippen molar-refractivity contribution < 1.29 is 4.79 Å². The van der Waals surface area contributed by atoms with Crippen LogP contribution in [0.2, 0.25) is 0 Å². The van der Waals surface area contributed by atoms with E-state index in [1.54, 1.807) is 7.05 Å². The van der Waals surface area contributed by atoms with Crippen LogP contribution in [0.3, 0.4) is 0 Å². The maximum absolute atomic E-state index is 11.3. The highest BCUT2D eigenvalue weighted by Gasteiger charge is 2.20. The molecule has 0 fully saturated rings. The summed E-state index contributed by atoms with van der Waals surface area (Å²) in [5, 5.41) is 3.24. The van der Waals surface area contributed by atoms with Crippen molar-refractivity contribution in [2.24, 2.45) is 11.1 Å². The molecule has 0 aromatic rings. The highest BCUT2D eigenvalue weighted by atomic mass is 16.2. The van der Waals surface area contributed by atoms with Gasteiger partial charge in [0.15, 0.2) is 0 Å². The summed E-state index contributed by atoms with van der Waals surface area (Å²) in [6, 6.07) is -0.455. The summed E-state index contributed by atoms with van der Waals surface area (Å²) in [5.74, 6) is 0. The summed E-state index contributed by atoms with van der Waals surface area (Å²) in [7, 11) is 1.68. The summed E-state index contributed by atoms with van der Waals surface area (Å²) < 4.78 is 0. The Morgan fingerprint density at radius 2 is 2.18 bits per heavy atom. The van der Waals surface area contributed by atoms with Gasteiger partial charge in [0.2, 0.25) is 0 Å². The highest BCUT2D eigenvalue weighted by Crippen LogP contribution is 2.34. The third-order valence-corrected chi connectivity index (χ3v) is 4.28. The zero-order valence-electron chi connectivity index (χ0n) is 14.4. The summed E-state index contributed by atoms with van der Waals surface area (Å²) >= 11 is 0. The molecule has 1 atom stereocenters. The number of nitrogens with two attached hydrogens (primary N) is 1. The average molecular weight is 303 g/mol. The monoisotopic (exact) mass is 303 g/mol. The second-order valence-corrected chi connectivity index (χ2v) is 6.04. The van der Waals surface area contributed by atoms with Crippen LogP contribution in [0.4, 0.5) is 4.79 Å². The maximum atomic E-state index is 11.3. The first-order valence-corrected chi connectivity index (χ1v) is 7.87. The van der Waals surface area contributed by atoms with E-state index in [0.29, 0.717) is 0 Å². The number of primary amides is 1. The molecule has 0 spiro atoms. The minimum absolute atomic E-state index is 0.246. The zero-order chi connectivity index (χ0) is 16.8. The molecule has 1 unspecified atom stereocenters. The first-order chi connectivity index (χ1) is 10.3. The summed E-state index contributed by atoms with van der Waals surface area (Å²) in [5.41, 5.74) is 8.62. The normalized spacial score (nSPS) is 22.3. The van der Waals surface area contributed by atoms with Crippen LogP contribution < -0.4 is 11.1 Å². The smallest absolute Gasteiger partial charge is 0.318 e. The van der Waals surface area contributed by atoms with Crippen molar-refractivity contribution in [1.29, 1.82) is 0 Å². The van der Waals surface area contributed by atoms with Crippen LogP contribution in [-0.4, -0.2) is 24.5 Å². The molecule has 3 N–H and O–H groups in total. The van der Waals surface area contributed by atoms with E-state index in [2.05, 4.69) is 44.3 Å². The van der Waals surface area contributed by atoms with Crippen LogP contribution in [0.1, 0.15) is 40.5 Å². The molecule has 0 saturated heterocycles. The second kappa shape index (κ2) is 7.87. The molecule has 2 amide bonds. The van der Waals surface area contributed by atoms with Crippen LogP contribution in [0.5, 0.6) is 0 Å². The van der Waals surface area contributed by atoms with Gasteiger partial charge in [0.05, 0.1) is 0 Å². The number of amides is 2. The first-order valence-electron chi connectivity index (χ1n) is 7.87. The minimum atomic E-state index is -0.455. The van der Waals surface area contributed by atoms with Gasteiger partial charge in [-0.15, -0.1) is 0 Å². The molecule has 0 heterocycles. The number of carbonyl (C=O) groups excluding carboxylic acids is 1. The molecule has 4 heteroatoms. The Bertz CT molecular complexity index is 528. The number of hydrogen-bond acceptors (Lipinski definition) is 2. The van der Waals surface area contributed by atoms with Gasteiger partial charge >= 0.3 is 6.03 Å². The highest BCUT2D eigenvalue weighted by molar-refractivity contribution is 5.73. The Hall–Kier alpha value is -1.97. The van der Waals surface area contributed by atoms with Crippen molar-refractivity contribution in [1.82, 2.24) is 10.2 Å². The number of nitrogens with zero attached hydrogens (tertiary/aromatic N) is 1. The van der Waals surface area contributed by atoms with Crippen LogP contribution in [0.15, 0.2) is 47.3 Å². The fraction of sp³-hybridized carbons (Fsp3) is 0.500. The van der Waals surface area contributed by atoms with Gasteiger partial charge in [0, 0.05) is 25.5 Å². The van der Waals surface area contributed by atoms with Gasteiger partial charge in [-0.2, -0.15) is 0 Å². The lowest BCUT2D eigenvalue weighted by Gasteiger charge is -2.27. The van der Waals surface area contributed by atoms with Crippen molar-refractivity contribution in [3.63, 3.8) is 0 Å². The SMILES string of the molecule is CCN/C=C(\C=C(/C)N(C)C(N)=O)C1=CCC(C)(CC)C=C1. The molecule has 0 saturated carbocycles. The van der Waals surface area contributed by atoms with Gasteiger partial charge in [0.1, 0.15) is 0 Å². The van der Waals surface area contributed by atoms with Crippen molar-refractivity contribution >= 4 is 6.03 Å². The molecule has 1 aliphatic carbocycles. The van der Waals surface area contributed by atoms with E-state index in [-0.39, 0.29) is 5.41 Å². The molecule has 0 aromatic carbocycles. The standard InChI is InChI=1S/C18H29N3O/c1-6-18(4)10-8-15(9-11-18)16(13-20-7-2)12-14(3)21(5)17(19)22/h8-10,12-13,20H,6-7,11H2,1-5H3,(H2,19,22)/b14-12+,16-13+. The van der Waals surface area contributed by atoms with Gasteiger partial charge in [-0.05, 0) is 49.3 Å². The molecule has 0 bridgehead atoms. The van der Waals surface area contributed by atoms with Gasteiger partial charge in [-0.1, -0.05) is 32.1 Å². The number of nitrogens with one attached hydrogen (secondary N) is 1. The Morgan fingerprint density at radius 1 is 1.50 bits per heavy atom. The van der Waals surface area contributed by atoms with E-state index in [4.69, 9.17) is 5.73 Å². The largest absolute Gasteiger partial charge is 0.391 e. The van der Waals surface area contributed by atoms with E-state index >= 15 is 0 Å². The summed E-state index contributed by atoms with van der Waals surface area (Å²) in [6.45, 7) is 9.27. The topological polar surface area (TPSA) is 58.4 Å². The Balaban J connectivity index is 3.04. The van der Waals surface area contributed by atoms with Crippen molar-refractivity contribution in [3.8, 4) is 0 Å². The zero-order valence-corrected chi connectivity index (χ0v) is 14.4. The molecule has 1 aliphatic rings. The molecular formula is C18H29N3O. The summed E-state index contributed by atoms with van der Waals surface area (Å²) in [6.07, 6.45) is 12.8. The van der Waals surface area contributed by atoms with E-state index in [1.165, 1.54) is 10.5 Å². The molecule has 0 aliphatic heterocycles. The molecule has 122 valence electrons. The molecule has 0 aromatic heterocycles. The fourth-order valence-corrected chi connectivity index (χ4v) is 2.16. The van der Waals surface area contributed by atoms with Crippen LogP contribution in [0, 0.1) is 5.41 Å².